The molecule has 0 heterocycles. The molecule has 88 valence electrons. The standard InChI is InChI=1S/C11H14ClFN2O/c1-11(2,6-14)10(16)15-9-4-3-7(13)5-8(9)12/h3-5H,6,14H2,1-2H3,(H,15,16). The number of anilines is 1. The van der Waals surface area contributed by atoms with E-state index < -0.39 is 11.2 Å². The molecule has 1 rings (SSSR count). The summed E-state index contributed by atoms with van der Waals surface area (Å²) >= 11 is 5.78. The molecule has 1 aromatic carbocycles. The minimum absolute atomic E-state index is 0.168. The van der Waals surface area contributed by atoms with E-state index in [-0.39, 0.29) is 17.5 Å². The summed E-state index contributed by atoms with van der Waals surface area (Å²) in [7, 11) is 0. The molecule has 0 saturated heterocycles. The molecule has 1 aromatic rings. The van der Waals surface area contributed by atoms with Gasteiger partial charge >= 0.3 is 0 Å². The van der Waals surface area contributed by atoms with Gasteiger partial charge in [-0.15, -0.1) is 0 Å². The van der Waals surface area contributed by atoms with Crippen LogP contribution in [-0.4, -0.2) is 12.5 Å². The smallest absolute Gasteiger partial charge is 0.231 e. The number of rotatable bonds is 3. The third kappa shape index (κ3) is 2.93. The summed E-state index contributed by atoms with van der Waals surface area (Å²) in [6.07, 6.45) is 0. The minimum atomic E-state index is -0.683. The van der Waals surface area contributed by atoms with Gasteiger partial charge in [0.25, 0.3) is 0 Å². The van der Waals surface area contributed by atoms with E-state index in [2.05, 4.69) is 5.32 Å². The Labute approximate surface area is 98.8 Å². The molecule has 0 radical (unpaired) electrons. The van der Waals surface area contributed by atoms with Crippen LogP contribution in [0.3, 0.4) is 0 Å². The van der Waals surface area contributed by atoms with Gasteiger partial charge in [0.05, 0.1) is 16.1 Å². The summed E-state index contributed by atoms with van der Waals surface area (Å²) < 4.78 is 12.8. The first-order valence-electron chi connectivity index (χ1n) is 4.83. The maximum atomic E-state index is 12.8. The number of halogens is 2. The lowest BCUT2D eigenvalue weighted by Gasteiger charge is -2.21. The van der Waals surface area contributed by atoms with Gasteiger partial charge in [0.1, 0.15) is 5.82 Å². The van der Waals surface area contributed by atoms with Crippen molar-refractivity contribution >= 4 is 23.2 Å². The number of nitrogens with one attached hydrogen (secondary N) is 1. The second-order valence-electron chi connectivity index (χ2n) is 4.17. The van der Waals surface area contributed by atoms with E-state index in [4.69, 9.17) is 17.3 Å². The Morgan fingerprint density at radius 1 is 1.56 bits per heavy atom. The fourth-order valence-corrected chi connectivity index (χ4v) is 1.19. The molecule has 0 aliphatic heterocycles. The number of nitrogens with two attached hydrogens (primary N) is 1. The van der Waals surface area contributed by atoms with Crippen LogP contribution in [0.5, 0.6) is 0 Å². The zero-order chi connectivity index (χ0) is 12.3. The third-order valence-corrected chi connectivity index (χ3v) is 2.62. The van der Waals surface area contributed by atoms with Gasteiger partial charge in [-0.3, -0.25) is 4.79 Å². The van der Waals surface area contributed by atoms with Gasteiger partial charge in [-0.05, 0) is 32.0 Å². The van der Waals surface area contributed by atoms with E-state index in [1.165, 1.54) is 12.1 Å². The average Bonchev–Trinajstić information content (AvgIpc) is 2.22. The molecule has 0 spiro atoms. The Morgan fingerprint density at radius 3 is 2.69 bits per heavy atom. The highest BCUT2D eigenvalue weighted by Crippen LogP contribution is 2.24. The maximum absolute atomic E-state index is 12.8. The lowest BCUT2D eigenvalue weighted by Crippen LogP contribution is -2.37. The third-order valence-electron chi connectivity index (χ3n) is 2.30. The van der Waals surface area contributed by atoms with Gasteiger partial charge in [0, 0.05) is 6.54 Å². The van der Waals surface area contributed by atoms with Gasteiger partial charge in [-0.25, -0.2) is 4.39 Å². The number of benzene rings is 1. The minimum Gasteiger partial charge on any atom is -0.329 e. The second kappa shape index (κ2) is 4.80. The fourth-order valence-electron chi connectivity index (χ4n) is 0.975. The summed E-state index contributed by atoms with van der Waals surface area (Å²) in [4.78, 5) is 11.8. The summed E-state index contributed by atoms with van der Waals surface area (Å²) in [5.74, 6) is -0.690. The second-order valence-corrected chi connectivity index (χ2v) is 4.57. The summed E-state index contributed by atoms with van der Waals surface area (Å²) in [5, 5.41) is 2.78. The SMILES string of the molecule is CC(C)(CN)C(=O)Nc1ccc(F)cc1Cl. The first kappa shape index (κ1) is 12.9. The lowest BCUT2D eigenvalue weighted by molar-refractivity contribution is -0.123. The van der Waals surface area contributed by atoms with Crippen molar-refractivity contribution in [1.82, 2.24) is 0 Å². The number of hydrogen-bond acceptors (Lipinski definition) is 2. The van der Waals surface area contributed by atoms with Crippen LogP contribution in [0.25, 0.3) is 0 Å². The van der Waals surface area contributed by atoms with Gasteiger partial charge in [-0.1, -0.05) is 11.6 Å². The molecule has 5 heteroatoms. The summed E-state index contributed by atoms with van der Waals surface area (Å²) in [6.45, 7) is 3.66. The zero-order valence-electron chi connectivity index (χ0n) is 9.18. The Balaban J connectivity index is 2.85. The highest BCUT2D eigenvalue weighted by Gasteiger charge is 2.26. The van der Waals surface area contributed by atoms with E-state index in [1.807, 2.05) is 0 Å². The van der Waals surface area contributed by atoms with Gasteiger partial charge in [-0.2, -0.15) is 0 Å². The van der Waals surface area contributed by atoms with Crippen LogP contribution >= 0.6 is 11.6 Å². The van der Waals surface area contributed by atoms with E-state index in [1.54, 1.807) is 13.8 Å². The number of carbonyl (C=O) groups is 1. The van der Waals surface area contributed by atoms with Gasteiger partial charge in [0.2, 0.25) is 5.91 Å². The van der Waals surface area contributed by atoms with Crippen molar-refractivity contribution in [2.75, 3.05) is 11.9 Å². The number of hydrogen-bond donors (Lipinski definition) is 2. The molecule has 0 bridgehead atoms. The highest BCUT2D eigenvalue weighted by molar-refractivity contribution is 6.33. The number of carbonyl (C=O) groups excluding carboxylic acids is 1. The predicted octanol–water partition coefficient (Wildman–Crippen LogP) is 2.40. The Morgan fingerprint density at radius 2 is 2.19 bits per heavy atom. The van der Waals surface area contributed by atoms with Crippen LogP contribution in [0, 0.1) is 11.2 Å². The molecule has 0 aromatic heterocycles. The molecule has 0 fully saturated rings. The molecule has 16 heavy (non-hydrogen) atoms. The molecule has 0 aliphatic carbocycles. The van der Waals surface area contributed by atoms with Crippen molar-refractivity contribution in [3.63, 3.8) is 0 Å². The van der Waals surface area contributed by atoms with Crippen molar-refractivity contribution in [3.8, 4) is 0 Å². The maximum Gasteiger partial charge on any atom is 0.231 e. The van der Waals surface area contributed by atoms with Crippen molar-refractivity contribution in [2.45, 2.75) is 13.8 Å². The molecule has 0 atom stereocenters. The predicted molar refractivity (Wildman–Crippen MR) is 62.9 cm³/mol. The first-order valence-corrected chi connectivity index (χ1v) is 5.21. The van der Waals surface area contributed by atoms with Crippen molar-refractivity contribution in [3.05, 3.63) is 29.0 Å². The first-order chi connectivity index (χ1) is 7.36. The fraction of sp³-hybridized carbons (Fsp3) is 0.364. The molecular formula is C11H14ClFN2O. The number of amides is 1. The van der Waals surface area contributed by atoms with Gasteiger partial charge in [0.15, 0.2) is 0 Å². The Bertz CT molecular complexity index is 407. The van der Waals surface area contributed by atoms with Crippen LogP contribution in [0.4, 0.5) is 10.1 Å². The van der Waals surface area contributed by atoms with Crippen LogP contribution < -0.4 is 11.1 Å². The molecule has 3 nitrogen and oxygen atoms in total. The van der Waals surface area contributed by atoms with Crippen LogP contribution in [0.1, 0.15) is 13.8 Å². The summed E-state index contributed by atoms with van der Waals surface area (Å²) in [6, 6.07) is 3.80. The van der Waals surface area contributed by atoms with E-state index in [0.717, 1.165) is 6.07 Å². The van der Waals surface area contributed by atoms with Crippen LogP contribution in [0.15, 0.2) is 18.2 Å². The van der Waals surface area contributed by atoms with Crippen LogP contribution in [0.2, 0.25) is 5.02 Å². The molecule has 1 amide bonds. The van der Waals surface area contributed by atoms with E-state index in [0.29, 0.717) is 5.69 Å². The van der Waals surface area contributed by atoms with E-state index in [9.17, 15) is 9.18 Å². The van der Waals surface area contributed by atoms with E-state index >= 15 is 0 Å². The van der Waals surface area contributed by atoms with Gasteiger partial charge < -0.3 is 11.1 Å². The monoisotopic (exact) mass is 244 g/mol. The highest BCUT2D eigenvalue weighted by atomic mass is 35.5. The zero-order valence-corrected chi connectivity index (χ0v) is 9.94. The lowest BCUT2D eigenvalue weighted by atomic mass is 9.92. The molecule has 3 N–H and O–H groups in total. The molecular weight excluding hydrogens is 231 g/mol. The Kier molecular flexibility index (Phi) is 3.88. The normalized spacial score (nSPS) is 11.3. The largest absolute Gasteiger partial charge is 0.329 e. The quantitative estimate of drug-likeness (QED) is 0.858. The Hall–Kier alpha value is -1.13. The van der Waals surface area contributed by atoms with Crippen molar-refractivity contribution in [2.24, 2.45) is 11.1 Å². The van der Waals surface area contributed by atoms with Crippen molar-refractivity contribution in [1.29, 1.82) is 0 Å². The topological polar surface area (TPSA) is 55.1 Å². The average molecular weight is 245 g/mol. The van der Waals surface area contributed by atoms with Crippen molar-refractivity contribution < 1.29 is 9.18 Å². The molecule has 0 saturated carbocycles. The molecule has 0 aliphatic rings. The van der Waals surface area contributed by atoms with Crippen LogP contribution in [-0.2, 0) is 4.79 Å². The molecule has 0 unspecified atom stereocenters. The summed E-state index contributed by atoms with van der Waals surface area (Å²) in [5.41, 5.74) is 5.17.